The molecule has 2 aromatic carbocycles. The molecule has 12 heteroatoms. The van der Waals surface area contributed by atoms with Crippen LogP contribution in [0.4, 0.5) is 15.8 Å². The molecule has 1 aromatic heterocycles. The Morgan fingerprint density at radius 3 is 2.58 bits per heavy atom. The molecule has 0 radical (unpaired) electrons. The number of anilines is 2. The molecule has 7 nitrogen and oxygen atoms in total. The molecule has 0 bridgehead atoms. The van der Waals surface area contributed by atoms with E-state index in [0.717, 1.165) is 11.8 Å². The molecule has 0 atom stereocenters. The van der Waals surface area contributed by atoms with Crippen LogP contribution in [0.15, 0.2) is 41.6 Å². The van der Waals surface area contributed by atoms with Crippen LogP contribution in [-0.2, 0) is 23.1 Å². The van der Waals surface area contributed by atoms with Gasteiger partial charge in [0.15, 0.2) is 5.16 Å². The molecule has 1 heterocycles. The SMILES string of the molecule is Cn1c(CC(=O)Nc2cccc(Cl)c2Cl)nnc1SCC(=O)Nc1ccc(F)c(Cl)c1. The number of benzene rings is 2. The number of carbonyl (C=O) groups excluding carboxylic acids is 2. The zero-order valence-corrected chi connectivity index (χ0v) is 19.0. The van der Waals surface area contributed by atoms with Gasteiger partial charge in [-0.15, -0.1) is 10.2 Å². The molecule has 2 N–H and O–H groups in total. The molecule has 0 aliphatic carbocycles. The van der Waals surface area contributed by atoms with E-state index in [2.05, 4.69) is 20.8 Å². The third kappa shape index (κ3) is 6.10. The predicted octanol–water partition coefficient (Wildman–Crippen LogP) is 4.83. The summed E-state index contributed by atoms with van der Waals surface area (Å²) in [5, 5.41) is 14.3. The number of halogens is 4. The third-order valence-corrected chi connectivity index (χ3v) is 6.13. The Labute approximate surface area is 196 Å². The van der Waals surface area contributed by atoms with E-state index in [4.69, 9.17) is 34.8 Å². The number of hydrogen-bond acceptors (Lipinski definition) is 5. The average Bonchev–Trinajstić information content (AvgIpc) is 3.06. The van der Waals surface area contributed by atoms with E-state index in [1.807, 2.05) is 0 Å². The van der Waals surface area contributed by atoms with Crippen LogP contribution in [-0.4, -0.2) is 32.3 Å². The molecular formula is C19H15Cl3FN5O2S. The standard InChI is InChI=1S/C19H15Cl3FN5O2S/c1-28-15(8-16(29)25-14-4-2-3-11(20)18(14)22)26-27-19(28)31-9-17(30)24-10-5-6-13(23)12(21)7-10/h2-7H,8-9H2,1H3,(H,24,30)(H,25,29). The highest BCUT2D eigenvalue weighted by Crippen LogP contribution is 2.29. The number of hydrogen-bond donors (Lipinski definition) is 2. The van der Waals surface area contributed by atoms with Gasteiger partial charge in [-0.05, 0) is 30.3 Å². The van der Waals surface area contributed by atoms with Crippen LogP contribution in [0.2, 0.25) is 15.1 Å². The van der Waals surface area contributed by atoms with Gasteiger partial charge in [0.05, 0.1) is 32.9 Å². The van der Waals surface area contributed by atoms with Crippen molar-refractivity contribution in [2.75, 3.05) is 16.4 Å². The van der Waals surface area contributed by atoms with Gasteiger partial charge in [-0.25, -0.2) is 4.39 Å². The first-order valence-corrected chi connectivity index (χ1v) is 10.9. The number of nitrogens with one attached hydrogen (secondary N) is 2. The Kier molecular flexibility index (Phi) is 7.77. The lowest BCUT2D eigenvalue weighted by Crippen LogP contribution is -2.17. The zero-order chi connectivity index (χ0) is 22.5. The van der Waals surface area contributed by atoms with Crippen LogP contribution in [0, 0.1) is 5.82 Å². The lowest BCUT2D eigenvalue weighted by Gasteiger charge is -2.08. The van der Waals surface area contributed by atoms with Gasteiger partial charge in [0.1, 0.15) is 11.6 Å². The van der Waals surface area contributed by atoms with Crippen molar-refractivity contribution < 1.29 is 14.0 Å². The van der Waals surface area contributed by atoms with Gasteiger partial charge in [-0.1, -0.05) is 52.6 Å². The van der Waals surface area contributed by atoms with Gasteiger partial charge in [0.25, 0.3) is 0 Å². The Hall–Kier alpha value is -2.33. The number of amides is 2. The van der Waals surface area contributed by atoms with E-state index in [9.17, 15) is 14.0 Å². The molecule has 31 heavy (non-hydrogen) atoms. The van der Waals surface area contributed by atoms with Crippen LogP contribution >= 0.6 is 46.6 Å². The fraction of sp³-hybridized carbons (Fsp3) is 0.158. The number of aromatic nitrogens is 3. The zero-order valence-electron chi connectivity index (χ0n) is 16.0. The summed E-state index contributed by atoms with van der Waals surface area (Å²) in [4.78, 5) is 24.5. The van der Waals surface area contributed by atoms with Crippen molar-refractivity contribution in [3.63, 3.8) is 0 Å². The molecule has 3 rings (SSSR count). The molecular weight excluding hydrogens is 488 g/mol. The maximum Gasteiger partial charge on any atom is 0.234 e. The van der Waals surface area contributed by atoms with Crippen LogP contribution in [0.5, 0.6) is 0 Å². The van der Waals surface area contributed by atoms with Gasteiger partial charge in [-0.2, -0.15) is 0 Å². The van der Waals surface area contributed by atoms with E-state index in [1.54, 1.807) is 29.8 Å². The van der Waals surface area contributed by atoms with Gasteiger partial charge < -0.3 is 15.2 Å². The highest BCUT2D eigenvalue weighted by atomic mass is 35.5. The van der Waals surface area contributed by atoms with E-state index < -0.39 is 5.82 Å². The summed E-state index contributed by atoms with van der Waals surface area (Å²) < 4.78 is 14.8. The second-order valence-electron chi connectivity index (χ2n) is 6.25. The molecule has 0 saturated carbocycles. The van der Waals surface area contributed by atoms with Crippen LogP contribution < -0.4 is 10.6 Å². The molecule has 0 saturated heterocycles. The molecule has 0 aliphatic rings. The van der Waals surface area contributed by atoms with Crippen LogP contribution in [0.3, 0.4) is 0 Å². The van der Waals surface area contributed by atoms with Gasteiger partial charge in [0, 0.05) is 12.7 Å². The molecule has 0 fully saturated rings. The minimum Gasteiger partial charge on any atom is -0.325 e. The van der Waals surface area contributed by atoms with E-state index >= 15 is 0 Å². The Balaban J connectivity index is 1.55. The first-order chi connectivity index (χ1) is 14.7. The molecule has 0 aliphatic heterocycles. The summed E-state index contributed by atoms with van der Waals surface area (Å²) in [6.45, 7) is 0. The largest absolute Gasteiger partial charge is 0.325 e. The lowest BCUT2D eigenvalue weighted by atomic mass is 10.3. The quantitative estimate of drug-likeness (QED) is 0.452. The highest BCUT2D eigenvalue weighted by Gasteiger charge is 2.16. The van der Waals surface area contributed by atoms with Crippen molar-refractivity contribution >= 4 is 69.8 Å². The molecule has 0 spiro atoms. The highest BCUT2D eigenvalue weighted by molar-refractivity contribution is 7.99. The first kappa shape index (κ1) is 23.3. The van der Waals surface area contributed by atoms with E-state index in [-0.39, 0.29) is 34.0 Å². The van der Waals surface area contributed by atoms with Crippen LogP contribution in [0.25, 0.3) is 0 Å². The van der Waals surface area contributed by atoms with Gasteiger partial charge in [0.2, 0.25) is 11.8 Å². The summed E-state index contributed by atoms with van der Waals surface area (Å²) in [6.07, 6.45) is -0.0484. The summed E-state index contributed by atoms with van der Waals surface area (Å²) in [5.74, 6) is -0.801. The first-order valence-electron chi connectivity index (χ1n) is 8.74. The minimum atomic E-state index is -0.567. The van der Waals surface area contributed by atoms with Crippen molar-refractivity contribution in [2.24, 2.45) is 7.05 Å². The maximum absolute atomic E-state index is 13.2. The van der Waals surface area contributed by atoms with Crippen molar-refractivity contribution in [1.29, 1.82) is 0 Å². The van der Waals surface area contributed by atoms with Gasteiger partial charge >= 0.3 is 0 Å². The van der Waals surface area contributed by atoms with Crippen molar-refractivity contribution in [3.8, 4) is 0 Å². The van der Waals surface area contributed by atoms with E-state index in [0.29, 0.717) is 27.4 Å². The predicted molar refractivity (Wildman–Crippen MR) is 121 cm³/mol. The molecule has 162 valence electrons. The molecule has 0 unspecified atom stereocenters. The Morgan fingerprint density at radius 1 is 1.06 bits per heavy atom. The molecule has 2 amide bonds. The van der Waals surface area contributed by atoms with Crippen molar-refractivity contribution in [2.45, 2.75) is 11.6 Å². The van der Waals surface area contributed by atoms with Gasteiger partial charge in [-0.3, -0.25) is 9.59 Å². The monoisotopic (exact) mass is 501 g/mol. The lowest BCUT2D eigenvalue weighted by molar-refractivity contribution is -0.116. The number of rotatable bonds is 7. The van der Waals surface area contributed by atoms with Crippen molar-refractivity contribution in [3.05, 3.63) is 63.1 Å². The third-order valence-electron chi connectivity index (χ3n) is 4.01. The van der Waals surface area contributed by atoms with E-state index in [1.165, 1.54) is 18.2 Å². The Bertz CT molecular complexity index is 1140. The summed E-state index contributed by atoms with van der Waals surface area (Å²) in [5.41, 5.74) is 0.778. The van der Waals surface area contributed by atoms with Crippen LogP contribution in [0.1, 0.15) is 5.82 Å². The second kappa shape index (κ2) is 10.3. The fourth-order valence-electron chi connectivity index (χ4n) is 2.46. The summed E-state index contributed by atoms with van der Waals surface area (Å²) >= 11 is 18.9. The summed E-state index contributed by atoms with van der Waals surface area (Å²) in [6, 6.07) is 8.83. The number of nitrogens with zero attached hydrogens (tertiary/aromatic N) is 3. The fourth-order valence-corrected chi connectivity index (χ4v) is 3.72. The number of carbonyl (C=O) groups is 2. The second-order valence-corrected chi connectivity index (χ2v) is 8.38. The molecule has 3 aromatic rings. The smallest absolute Gasteiger partial charge is 0.234 e. The topological polar surface area (TPSA) is 88.9 Å². The van der Waals surface area contributed by atoms with Crippen molar-refractivity contribution in [1.82, 2.24) is 14.8 Å². The Morgan fingerprint density at radius 2 is 1.84 bits per heavy atom. The minimum absolute atomic E-state index is 0.0330. The maximum atomic E-state index is 13.2. The summed E-state index contributed by atoms with van der Waals surface area (Å²) in [7, 11) is 1.69. The average molecular weight is 503 g/mol. The number of thioether (sulfide) groups is 1. The normalized spacial score (nSPS) is 10.7.